The zero-order chi connectivity index (χ0) is 11.4. The molecule has 1 aromatic heterocycles. The Balaban J connectivity index is 1.86. The summed E-state index contributed by atoms with van der Waals surface area (Å²) in [5.41, 5.74) is 0.697. The van der Waals surface area contributed by atoms with Crippen molar-refractivity contribution in [2.75, 3.05) is 11.9 Å². The number of anilines is 1. The van der Waals surface area contributed by atoms with Gasteiger partial charge >= 0.3 is 0 Å². The molecule has 1 unspecified atom stereocenters. The second kappa shape index (κ2) is 5.27. The normalized spacial score (nSPS) is 19.7. The molecule has 1 fully saturated rings. The lowest BCUT2D eigenvalue weighted by atomic mass is 10.1. The number of rotatable bonds is 3. The topological polar surface area (TPSA) is 54.0 Å². The Hall–Kier alpha value is -1.13. The average Bonchev–Trinajstić information content (AvgIpc) is 2.70. The van der Waals surface area contributed by atoms with Gasteiger partial charge in [0.05, 0.1) is 0 Å². The third-order valence-electron chi connectivity index (χ3n) is 2.60. The van der Waals surface area contributed by atoms with Crippen LogP contribution in [0.4, 0.5) is 5.69 Å². The van der Waals surface area contributed by atoms with Crippen molar-refractivity contribution in [1.29, 1.82) is 0 Å². The van der Waals surface area contributed by atoms with E-state index in [4.69, 9.17) is 11.6 Å². The Morgan fingerprint density at radius 1 is 1.69 bits per heavy atom. The average molecular weight is 240 g/mol. The highest BCUT2D eigenvalue weighted by molar-refractivity contribution is 6.29. The molecule has 0 aromatic carbocycles. The van der Waals surface area contributed by atoms with Gasteiger partial charge in [-0.25, -0.2) is 4.98 Å². The van der Waals surface area contributed by atoms with Crippen molar-refractivity contribution in [1.82, 2.24) is 10.3 Å². The Labute approximate surface area is 99.4 Å². The summed E-state index contributed by atoms with van der Waals surface area (Å²) in [6.45, 7) is 1.01. The van der Waals surface area contributed by atoms with Crippen LogP contribution in [0.25, 0.3) is 0 Å². The molecule has 0 saturated carbocycles. The smallest absolute Gasteiger partial charge is 0.225 e. The molecule has 1 aliphatic heterocycles. The van der Waals surface area contributed by atoms with Crippen molar-refractivity contribution >= 4 is 23.2 Å². The number of aromatic nitrogens is 1. The van der Waals surface area contributed by atoms with Crippen molar-refractivity contribution in [3.63, 3.8) is 0 Å². The van der Waals surface area contributed by atoms with E-state index < -0.39 is 0 Å². The van der Waals surface area contributed by atoms with Gasteiger partial charge in [-0.15, -0.1) is 0 Å². The maximum absolute atomic E-state index is 11.7. The number of carbonyl (C=O) groups is 1. The minimum absolute atomic E-state index is 0.0154. The molecule has 86 valence electrons. The molecule has 0 aliphatic carbocycles. The molecule has 2 rings (SSSR count). The van der Waals surface area contributed by atoms with Gasteiger partial charge in [-0.3, -0.25) is 4.79 Å². The fourth-order valence-corrected chi connectivity index (χ4v) is 2.02. The van der Waals surface area contributed by atoms with Crippen molar-refractivity contribution in [2.24, 2.45) is 0 Å². The third-order valence-corrected chi connectivity index (χ3v) is 2.81. The van der Waals surface area contributed by atoms with Gasteiger partial charge < -0.3 is 10.6 Å². The molecule has 2 heterocycles. The van der Waals surface area contributed by atoms with E-state index in [1.807, 2.05) is 0 Å². The van der Waals surface area contributed by atoms with E-state index >= 15 is 0 Å². The van der Waals surface area contributed by atoms with Crippen LogP contribution in [0.5, 0.6) is 0 Å². The Morgan fingerprint density at radius 2 is 2.56 bits per heavy atom. The quantitative estimate of drug-likeness (QED) is 0.792. The number of nitrogens with zero attached hydrogens (tertiary/aromatic N) is 1. The van der Waals surface area contributed by atoms with Crippen LogP contribution in [-0.4, -0.2) is 23.5 Å². The maximum atomic E-state index is 11.7. The molecule has 0 spiro atoms. The molecule has 16 heavy (non-hydrogen) atoms. The van der Waals surface area contributed by atoms with Gasteiger partial charge in [-0.1, -0.05) is 11.6 Å². The highest BCUT2D eigenvalue weighted by Gasteiger charge is 2.17. The van der Waals surface area contributed by atoms with Gasteiger partial charge in [0.1, 0.15) is 5.15 Å². The maximum Gasteiger partial charge on any atom is 0.225 e. The standard InChI is InChI=1S/C11H14ClN3O/c12-10-6-9(3-5-14-10)15-11(16)7-8-2-1-4-13-8/h3,5-6,8,13H,1-2,4,7H2,(H,14,15,16). The molecule has 5 heteroatoms. The van der Waals surface area contributed by atoms with E-state index in [0.717, 1.165) is 19.4 Å². The summed E-state index contributed by atoms with van der Waals surface area (Å²) in [4.78, 5) is 15.5. The van der Waals surface area contributed by atoms with E-state index in [0.29, 0.717) is 23.3 Å². The number of hydrogen-bond acceptors (Lipinski definition) is 3. The molecule has 1 amide bonds. The molecular weight excluding hydrogens is 226 g/mol. The van der Waals surface area contributed by atoms with Crippen molar-refractivity contribution in [3.8, 4) is 0 Å². The summed E-state index contributed by atoms with van der Waals surface area (Å²) in [5.74, 6) is 0.0154. The first-order chi connectivity index (χ1) is 7.74. The minimum Gasteiger partial charge on any atom is -0.326 e. The van der Waals surface area contributed by atoms with Crippen LogP contribution in [0.1, 0.15) is 19.3 Å². The van der Waals surface area contributed by atoms with Crippen LogP contribution in [-0.2, 0) is 4.79 Å². The molecule has 0 radical (unpaired) electrons. The van der Waals surface area contributed by atoms with Crippen LogP contribution >= 0.6 is 11.6 Å². The first-order valence-corrected chi connectivity index (χ1v) is 5.76. The molecule has 1 aliphatic rings. The molecule has 2 N–H and O–H groups in total. The first kappa shape index (κ1) is 11.4. The van der Waals surface area contributed by atoms with Gasteiger partial charge in [0.25, 0.3) is 0 Å². The second-order valence-electron chi connectivity index (χ2n) is 3.91. The number of halogens is 1. The van der Waals surface area contributed by atoms with Gasteiger partial charge in [0, 0.05) is 24.3 Å². The molecular formula is C11H14ClN3O. The Morgan fingerprint density at radius 3 is 3.25 bits per heavy atom. The monoisotopic (exact) mass is 239 g/mol. The highest BCUT2D eigenvalue weighted by Crippen LogP contribution is 2.14. The number of amides is 1. The summed E-state index contributed by atoms with van der Waals surface area (Å²) in [6, 6.07) is 3.69. The zero-order valence-corrected chi connectivity index (χ0v) is 9.63. The second-order valence-corrected chi connectivity index (χ2v) is 4.30. The van der Waals surface area contributed by atoms with Gasteiger partial charge in [0.2, 0.25) is 5.91 Å². The van der Waals surface area contributed by atoms with Crippen molar-refractivity contribution < 1.29 is 4.79 Å². The summed E-state index contributed by atoms with van der Waals surface area (Å²) >= 11 is 5.72. The zero-order valence-electron chi connectivity index (χ0n) is 8.87. The first-order valence-electron chi connectivity index (χ1n) is 5.39. The van der Waals surface area contributed by atoms with Crippen LogP contribution in [0.15, 0.2) is 18.3 Å². The largest absolute Gasteiger partial charge is 0.326 e. The fraction of sp³-hybridized carbons (Fsp3) is 0.455. The third kappa shape index (κ3) is 3.18. The van der Waals surface area contributed by atoms with Gasteiger partial charge in [-0.2, -0.15) is 0 Å². The lowest BCUT2D eigenvalue weighted by Crippen LogP contribution is -2.27. The molecule has 1 saturated heterocycles. The van der Waals surface area contributed by atoms with E-state index in [1.165, 1.54) is 0 Å². The summed E-state index contributed by atoms with van der Waals surface area (Å²) in [5, 5.41) is 6.48. The molecule has 1 atom stereocenters. The Kier molecular flexibility index (Phi) is 3.74. The van der Waals surface area contributed by atoms with Crippen molar-refractivity contribution in [3.05, 3.63) is 23.5 Å². The van der Waals surface area contributed by atoms with E-state index in [2.05, 4.69) is 15.6 Å². The molecule has 4 nitrogen and oxygen atoms in total. The summed E-state index contributed by atoms with van der Waals surface area (Å²) in [6.07, 6.45) is 4.31. The number of hydrogen-bond donors (Lipinski definition) is 2. The predicted molar refractivity (Wildman–Crippen MR) is 63.5 cm³/mol. The van der Waals surface area contributed by atoms with Gasteiger partial charge in [0.15, 0.2) is 0 Å². The van der Waals surface area contributed by atoms with Crippen molar-refractivity contribution in [2.45, 2.75) is 25.3 Å². The SMILES string of the molecule is O=C(CC1CCCN1)Nc1ccnc(Cl)c1. The lowest BCUT2D eigenvalue weighted by Gasteiger charge is -2.10. The van der Waals surface area contributed by atoms with Crippen LogP contribution in [0.2, 0.25) is 5.15 Å². The molecule has 1 aromatic rings. The highest BCUT2D eigenvalue weighted by atomic mass is 35.5. The fourth-order valence-electron chi connectivity index (χ4n) is 1.85. The predicted octanol–water partition coefficient (Wildman–Crippen LogP) is 1.82. The van der Waals surface area contributed by atoms with E-state index in [1.54, 1.807) is 18.3 Å². The number of nitrogens with one attached hydrogen (secondary N) is 2. The molecule has 0 bridgehead atoms. The van der Waals surface area contributed by atoms with Crippen LogP contribution in [0, 0.1) is 0 Å². The van der Waals surface area contributed by atoms with E-state index in [9.17, 15) is 4.79 Å². The number of pyridine rings is 1. The summed E-state index contributed by atoms with van der Waals surface area (Å²) in [7, 11) is 0. The number of carbonyl (C=O) groups excluding carboxylic acids is 1. The lowest BCUT2D eigenvalue weighted by molar-refractivity contribution is -0.116. The summed E-state index contributed by atoms with van der Waals surface area (Å²) < 4.78 is 0. The van der Waals surface area contributed by atoms with Crippen LogP contribution < -0.4 is 10.6 Å². The van der Waals surface area contributed by atoms with E-state index in [-0.39, 0.29) is 5.91 Å². The van der Waals surface area contributed by atoms with Gasteiger partial charge in [-0.05, 0) is 31.5 Å². The minimum atomic E-state index is 0.0154. The Bertz CT molecular complexity index is 377. The van der Waals surface area contributed by atoms with Crippen LogP contribution in [0.3, 0.4) is 0 Å².